The molecule has 1 atom stereocenters. The molecule has 1 saturated carbocycles. The lowest BCUT2D eigenvalue weighted by molar-refractivity contribution is -0.138. The van der Waals surface area contributed by atoms with Crippen molar-refractivity contribution in [3.63, 3.8) is 0 Å². The third-order valence-corrected chi connectivity index (χ3v) is 4.46. The highest BCUT2D eigenvalue weighted by Gasteiger charge is 2.23. The molecule has 4 nitrogen and oxygen atoms in total. The maximum absolute atomic E-state index is 12.3. The van der Waals surface area contributed by atoms with Gasteiger partial charge in [-0.25, -0.2) is 0 Å². The number of carbonyl (C=O) groups is 2. The zero-order valence-electron chi connectivity index (χ0n) is 13.0. The molecule has 0 aromatic heterocycles. The van der Waals surface area contributed by atoms with Gasteiger partial charge in [0.25, 0.3) is 0 Å². The molecule has 1 amide bonds. The average molecular weight is 303 g/mol. The highest BCUT2D eigenvalue weighted by Crippen LogP contribution is 2.23. The summed E-state index contributed by atoms with van der Waals surface area (Å²) in [5.74, 6) is -1.52. The number of hydrogen-bond donors (Lipinski definition) is 2. The van der Waals surface area contributed by atoms with Crippen LogP contribution in [0.4, 0.5) is 0 Å². The van der Waals surface area contributed by atoms with Crippen LogP contribution in [0.5, 0.6) is 0 Å². The second-order valence-corrected chi connectivity index (χ2v) is 6.09. The van der Waals surface area contributed by atoms with Crippen LogP contribution in [-0.4, -0.2) is 23.5 Å². The van der Waals surface area contributed by atoms with E-state index in [0.717, 1.165) is 31.2 Å². The van der Waals surface area contributed by atoms with Crippen LogP contribution in [0.1, 0.15) is 56.4 Å². The normalized spacial score (nSPS) is 18.0. The van der Waals surface area contributed by atoms with E-state index >= 15 is 0 Å². The van der Waals surface area contributed by atoms with E-state index in [1.165, 1.54) is 19.3 Å². The summed E-state index contributed by atoms with van der Waals surface area (Å²) in [6, 6.07) is 9.08. The van der Waals surface area contributed by atoms with Crippen molar-refractivity contribution in [2.45, 2.75) is 50.9 Å². The minimum absolute atomic E-state index is 0.0177. The minimum atomic E-state index is -0.899. The van der Waals surface area contributed by atoms with Gasteiger partial charge in [0.05, 0.1) is 5.92 Å². The van der Waals surface area contributed by atoms with Crippen LogP contribution >= 0.6 is 0 Å². The van der Waals surface area contributed by atoms with Crippen molar-refractivity contribution < 1.29 is 14.7 Å². The molecule has 2 N–H and O–H groups in total. The molecule has 1 fully saturated rings. The van der Waals surface area contributed by atoms with Gasteiger partial charge in [0, 0.05) is 12.5 Å². The number of aliphatic carboxylic acids is 1. The van der Waals surface area contributed by atoms with Gasteiger partial charge in [-0.2, -0.15) is 0 Å². The maximum atomic E-state index is 12.3. The third-order valence-electron chi connectivity index (χ3n) is 4.46. The Kier molecular flexibility index (Phi) is 6.44. The number of carbonyl (C=O) groups excluding carboxylic acids is 1. The van der Waals surface area contributed by atoms with Gasteiger partial charge in [-0.05, 0) is 18.4 Å². The Morgan fingerprint density at radius 2 is 1.64 bits per heavy atom. The monoisotopic (exact) mass is 303 g/mol. The maximum Gasteiger partial charge on any atom is 0.312 e. The number of amides is 1. The number of nitrogens with one attached hydrogen (secondary N) is 1. The van der Waals surface area contributed by atoms with Crippen molar-refractivity contribution in [3.05, 3.63) is 35.9 Å². The first-order chi connectivity index (χ1) is 10.7. The van der Waals surface area contributed by atoms with Crippen molar-refractivity contribution >= 4 is 11.9 Å². The SMILES string of the molecule is O=C(NCC(C(=O)O)c1ccccc1)C1CCCCCCC1. The molecular formula is C18H25NO3. The molecule has 0 saturated heterocycles. The van der Waals surface area contributed by atoms with Crippen LogP contribution in [0.2, 0.25) is 0 Å². The summed E-state index contributed by atoms with van der Waals surface area (Å²) in [6.45, 7) is 0.161. The third kappa shape index (κ3) is 4.86. The van der Waals surface area contributed by atoms with Crippen molar-refractivity contribution in [1.82, 2.24) is 5.32 Å². The van der Waals surface area contributed by atoms with Gasteiger partial charge in [0.1, 0.15) is 0 Å². The first-order valence-electron chi connectivity index (χ1n) is 8.24. The van der Waals surface area contributed by atoms with E-state index in [0.29, 0.717) is 0 Å². The predicted octanol–water partition coefficient (Wildman–Crippen LogP) is 3.33. The van der Waals surface area contributed by atoms with E-state index in [9.17, 15) is 14.7 Å². The summed E-state index contributed by atoms with van der Waals surface area (Å²) in [4.78, 5) is 23.8. The fourth-order valence-electron chi connectivity index (χ4n) is 3.10. The van der Waals surface area contributed by atoms with Crippen LogP contribution in [0.25, 0.3) is 0 Å². The Morgan fingerprint density at radius 1 is 1.05 bits per heavy atom. The van der Waals surface area contributed by atoms with Gasteiger partial charge < -0.3 is 10.4 Å². The van der Waals surface area contributed by atoms with Crippen LogP contribution in [0.15, 0.2) is 30.3 Å². The molecule has 1 unspecified atom stereocenters. The first kappa shape index (κ1) is 16.5. The van der Waals surface area contributed by atoms with Crippen molar-refractivity contribution in [2.24, 2.45) is 5.92 Å². The number of benzene rings is 1. The number of carboxylic acids is 1. The molecule has 1 aromatic carbocycles. The smallest absolute Gasteiger partial charge is 0.312 e. The Balaban J connectivity index is 1.91. The molecule has 1 aromatic rings. The van der Waals surface area contributed by atoms with E-state index < -0.39 is 11.9 Å². The molecule has 2 rings (SSSR count). The second-order valence-electron chi connectivity index (χ2n) is 6.09. The zero-order chi connectivity index (χ0) is 15.8. The summed E-state index contributed by atoms with van der Waals surface area (Å²) < 4.78 is 0. The summed E-state index contributed by atoms with van der Waals surface area (Å²) in [6.07, 6.45) is 7.71. The first-order valence-corrected chi connectivity index (χ1v) is 8.24. The summed E-state index contributed by atoms with van der Waals surface area (Å²) in [7, 11) is 0. The van der Waals surface area contributed by atoms with Gasteiger partial charge in [-0.15, -0.1) is 0 Å². The fraction of sp³-hybridized carbons (Fsp3) is 0.556. The Bertz CT molecular complexity index is 478. The van der Waals surface area contributed by atoms with Crippen LogP contribution in [-0.2, 0) is 9.59 Å². The summed E-state index contributed by atoms with van der Waals surface area (Å²) >= 11 is 0. The lowest BCUT2D eigenvalue weighted by atomic mass is 9.90. The predicted molar refractivity (Wildman–Crippen MR) is 85.6 cm³/mol. The van der Waals surface area contributed by atoms with Gasteiger partial charge in [-0.1, -0.05) is 62.4 Å². The zero-order valence-corrected chi connectivity index (χ0v) is 13.0. The molecule has 22 heavy (non-hydrogen) atoms. The van der Waals surface area contributed by atoms with Crippen molar-refractivity contribution in [3.8, 4) is 0 Å². The standard InChI is InChI=1S/C18H25NO3/c20-17(15-11-5-2-1-3-6-12-15)19-13-16(18(21)22)14-9-7-4-8-10-14/h4,7-10,15-16H,1-3,5-6,11-13H2,(H,19,20)(H,21,22). The number of carboxylic acid groups (broad SMARTS) is 1. The van der Waals surface area contributed by atoms with Crippen molar-refractivity contribution in [1.29, 1.82) is 0 Å². The Hall–Kier alpha value is -1.84. The fourth-order valence-corrected chi connectivity index (χ4v) is 3.10. The summed E-state index contributed by atoms with van der Waals surface area (Å²) in [5.41, 5.74) is 0.730. The van der Waals surface area contributed by atoms with E-state index in [4.69, 9.17) is 0 Å². The van der Waals surface area contributed by atoms with Gasteiger partial charge in [-0.3, -0.25) is 9.59 Å². The molecular weight excluding hydrogens is 278 g/mol. The Labute approximate surface area is 131 Å². The number of hydrogen-bond acceptors (Lipinski definition) is 2. The van der Waals surface area contributed by atoms with Gasteiger partial charge in [0.15, 0.2) is 0 Å². The van der Waals surface area contributed by atoms with Crippen LogP contribution in [0, 0.1) is 5.92 Å². The molecule has 0 bridgehead atoms. The highest BCUT2D eigenvalue weighted by molar-refractivity contribution is 5.81. The minimum Gasteiger partial charge on any atom is -0.481 e. The largest absolute Gasteiger partial charge is 0.481 e. The molecule has 0 spiro atoms. The molecule has 0 aliphatic heterocycles. The van der Waals surface area contributed by atoms with Crippen molar-refractivity contribution in [2.75, 3.05) is 6.54 Å². The molecule has 0 radical (unpaired) electrons. The topological polar surface area (TPSA) is 66.4 Å². The van der Waals surface area contributed by atoms with Crippen LogP contribution < -0.4 is 5.32 Å². The van der Waals surface area contributed by atoms with E-state index in [1.807, 2.05) is 18.2 Å². The second kappa shape index (κ2) is 8.57. The average Bonchev–Trinajstić information content (AvgIpc) is 2.47. The van der Waals surface area contributed by atoms with Gasteiger partial charge in [0.2, 0.25) is 5.91 Å². The summed E-state index contributed by atoms with van der Waals surface area (Å²) in [5, 5.41) is 12.2. The van der Waals surface area contributed by atoms with Gasteiger partial charge >= 0.3 is 5.97 Å². The Morgan fingerprint density at radius 3 is 2.23 bits per heavy atom. The molecule has 0 heterocycles. The number of rotatable bonds is 5. The van der Waals surface area contributed by atoms with E-state index in [-0.39, 0.29) is 18.4 Å². The molecule has 120 valence electrons. The van der Waals surface area contributed by atoms with E-state index in [1.54, 1.807) is 12.1 Å². The molecule has 1 aliphatic rings. The highest BCUT2D eigenvalue weighted by atomic mass is 16.4. The van der Waals surface area contributed by atoms with Crippen LogP contribution in [0.3, 0.4) is 0 Å². The molecule has 1 aliphatic carbocycles. The quantitative estimate of drug-likeness (QED) is 0.876. The lowest BCUT2D eigenvalue weighted by Gasteiger charge is -2.20. The molecule has 4 heteroatoms. The van der Waals surface area contributed by atoms with E-state index in [2.05, 4.69) is 5.32 Å². The lowest BCUT2D eigenvalue weighted by Crippen LogP contribution is -2.36.